The van der Waals surface area contributed by atoms with E-state index in [0.717, 1.165) is 6.07 Å². The van der Waals surface area contributed by atoms with Crippen molar-refractivity contribution in [3.8, 4) is 0 Å². The lowest BCUT2D eigenvalue weighted by molar-refractivity contribution is -0.402. The van der Waals surface area contributed by atoms with Crippen molar-refractivity contribution in [1.29, 1.82) is 0 Å². The van der Waals surface area contributed by atoms with E-state index in [4.69, 9.17) is 4.42 Å². The molecule has 1 aliphatic heterocycles. The molecule has 2 heterocycles. The van der Waals surface area contributed by atoms with Gasteiger partial charge in [0, 0.05) is 5.69 Å². The third-order valence-corrected chi connectivity index (χ3v) is 3.61. The van der Waals surface area contributed by atoms with Gasteiger partial charge in [0.1, 0.15) is 4.92 Å². The second-order valence-corrected chi connectivity index (χ2v) is 5.58. The monoisotopic (exact) mass is 331 g/mol. The number of nitro groups is 1. The molecule has 1 fully saturated rings. The minimum absolute atomic E-state index is 0.0967. The third kappa shape index (κ3) is 5.51. The number of rotatable bonds is 3. The van der Waals surface area contributed by atoms with Crippen LogP contribution < -0.4 is 5.32 Å². The molecule has 0 radical (unpaired) electrons. The van der Waals surface area contributed by atoms with Crippen molar-refractivity contribution in [2.24, 2.45) is 0 Å². The van der Waals surface area contributed by atoms with E-state index in [-0.39, 0.29) is 5.76 Å². The lowest BCUT2D eigenvalue weighted by Gasteiger charge is -2.20. The van der Waals surface area contributed by atoms with E-state index in [2.05, 4.69) is 17.3 Å². The third-order valence-electron chi connectivity index (χ3n) is 3.61. The van der Waals surface area contributed by atoms with Crippen LogP contribution in [0.15, 0.2) is 46.9 Å². The van der Waals surface area contributed by atoms with Gasteiger partial charge in [0.05, 0.1) is 6.07 Å². The van der Waals surface area contributed by atoms with E-state index in [1.165, 1.54) is 38.4 Å². The van der Waals surface area contributed by atoms with Crippen LogP contribution in [0.2, 0.25) is 0 Å². The highest BCUT2D eigenvalue weighted by Crippen LogP contribution is 2.17. The van der Waals surface area contributed by atoms with Crippen molar-refractivity contribution < 1.29 is 14.1 Å². The molecule has 1 aromatic heterocycles. The Morgan fingerprint density at radius 1 is 1.12 bits per heavy atom. The van der Waals surface area contributed by atoms with Crippen LogP contribution in [0.25, 0.3) is 0 Å². The van der Waals surface area contributed by atoms with Gasteiger partial charge in [-0.05, 0) is 51.2 Å². The fourth-order valence-electron chi connectivity index (χ4n) is 2.31. The Bertz CT molecular complexity index is 663. The van der Waals surface area contributed by atoms with Gasteiger partial charge in [-0.2, -0.15) is 0 Å². The summed E-state index contributed by atoms with van der Waals surface area (Å²) in [6, 6.07) is 11.1. The van der Waals surface area contributed by atoms with Crippen LogP contribution in [0.5, 0.6) is 0 Å². The van der Waals surface area contributed by atoms with E-state index >= 15 is 0 Å². The molecule has 0 saturated carbocycles. The molecule has 2 aromatic rings. The van der Waals surface area contributed by atoms with Crippen LogP contribution in [0.4, 0.5) is 11.6 Å². The summed E-state index contributed by atoms with van der Waals surface area (Å²) in [6.07, 6.45) is 4.28. The maximum absolute atomic E-state index is 11.6. The lowest BCUT2D eigenvalue weighted by Crippen LogP contribution is -2.24. The Labute approximate surface area is 140 Å². The lowest BCUT2D eigenvalue weighted by atomic mass is 10.1. The van der Waals surface area contributed by atoms with Gasteiger partial charge in [-0.15, -0.1) is 0 Å². The highest BCUT2D eigenvalue weighted by Gasteiger charge is 2.17. The smallest absolute Gasteiger partial charge is 0.395 e. The van der Waals surface area contributed by atoms with Gasteiger partial charge in [0.15, 0.2) is 5.76 Å². The normalized spacial score (nSPS) is 14.4. The number of likely N-dealkylation sites (tertiary alicyclic amines) is 1. The molecule has 1 saturated heterocycles. The van der Waals surface area contributed by atoms with Crippen LogP contribution in [-0.2, 0) is 0 Å². The van der Waals surface area contributed by atoms with Crippen LogP contribution in [-0.4, -0.2) is 35.9 Å². The van der Waals surface area contributed by atoms with Crippen molar-refractivity contribution >= 4 is 17.5 Å². The Kier molecular flexibility index (Phi) is 6.51. The summed E-state index contributed by atoms with van der Waals surface area (Å²) in [7, 11) is 2.19. The first-order chi connectivity index (χ1) is 11.6. The zero-order valence-corrected chi connectivity index (χ0v) is 13.6. The number of amides is 1. The fourth-order valence-corrected chi connectivity index (χ4v) is 2.31. The minimum atomic E-state index is -0.695. The molecule has 7 heteroatoms. The van der Waals surface area contributed by atoms with E-state index in [1.807, 2.05) is 6.07 Å². The van der Waals surface area contributed by atoms with Gasteiger partial charge < -0.3 is 14.6 Å². The van der Waals surface area contributed by atoms with Gasteiger partial charge in [0.2, 0.25) is 0 Å². The maximum atomic E-state index is 11.6. The molecule has 1 aromatic carbocycles. The minimum Gasteiger partial charge on any atom is -0.395 e. The summed E-state index contributed by atoms with van der Waals surface area (Å²) in [6.45, 7) is 2.64. The average molecular weight is 331 g/mol. The Hall–Kier alpha value is -2.67. The number of anilines is 1. The molecular weight excluding hydrogens is 310 g/mol. The maximum Gasteiger partial charge on any atom is 0.433 e. The van der Waals surface area contributed by atoms with Crippen LogP contribution in [0, 0.1) is 10.1 Å². The average Bonchev–Trinajstić information content (AvgIpc) is 3.07. The van der Waals surface area contributed by atoms with Gasteiger partial charge in [-0.1, -0.05) is 24.6 Å². The summed E-state index contributed by atoms with van der Waals surface area (Å²) < 4.78 is 4.77. The largest absolute Gasteiger partial charge is 0.433 e. The summed E-state index contributed by atoms with van der Waals surface area (Å²) >= 11 is 0. The molecular formula is C17H21N3O4. The second kappa shape index (κ2) is 8.83. The van der Waals surface area contributed by atoms with E-state index in [0.29, 0.717) is 5.69 Å². The van der Waals surface area contributed by atoms with Gasteiger partial charge >= 0.3 is 5.88 Å². The zero-order chi connectivity index (χ0) is 17.4. The molecule has 1 aliphatic rings. The number of carbonyl (C=O) groups excluding carboxylic acids is 1. The number of hydrogen-bond acceptors (Lipinski definition) is 5. The summed E-state index contributed by atoms with van der Waals surface area (Å²) in [5, 5.41) is 12.9. The summed E-state index contributed by atoms with van der Waals surface area (Å²) in [4.78, 5) is 23.7. The Morgan fingerprint density at radius 3 is 2.29 bits per heavy atom. The van der Waals surface area contributed by atoms with Crippen molar-refractivity contribution in [1.82, 2.24) is 4.90 Å². The number of nitrogens with one attached hydrogen (secondary N) is 1. The molecule has 24 heavy (non-hydrogen) atoms. The molecule has 3 rings (SSSR count). The predicted molar refractivity (Wildman–Crippen MR) is 91.1 cm³/mol. The molecule has 128 valence electrons. The number of carbonyl (C=O) groups is 1. The zero-order valence-electron chi connectivity index (χ0n) is 13.6. The molecule has 1 amide bonds. The molecule has 0 bridgehead atoms. The SMILES string of the molecule is CN1CCCCC1.O=C(Nc1ccccc1)c1ccc([N+](=O)[O-])o1. The predicted octanol–water partition coefficient (Wildman–Crippen LogP) is 3.54. The van der Waals surface area contributed by atoms with Crippen LogP contribution in [0.3, 0.4) is 0 Å². The second-order valence-electron chi connectivity index (χ2n) is 5.58. The summed E-state index contributed by atoms with van der Waals surface area (Å²) in [5.74, 6) is -1.08. The number of benzene rings is 1. The van der Waals surface area contributed by atoms with E-state index in [9.17, 15) is 14.9 Å². The number of piperidine rings is 1. The van der Waals surface area contributed by atoms with Gasteiger partial charge in [-0.3, -0.25) is 14.9 Å². The topological polar surface area (TPSA) is 88.6 Å². The van der Waals surface area contributed by atoms with Crippen molar-refractivity contribution in [2.45, 2.75) is 19.3 Å². The number of para-hydroxylation sites is 1. The summed E-state index contributed by atoms with van der Waals surface area (Å²) in [5.41, 5.74) is 0.594. The molecule has 1 N–H and O–H groups in total. The van der Waals surface area contributed by atoms with Crippen molar-refractivity contribution in [2.75, 3.05) is 25.5 Å². The first-order valence-electron chi connectivity index (χ1n) is 7.85. The van der Waals surface area contributed by atoms with Gasteiger partial charge in [0.25, 0.3) is 5.91 Å². The number of furan rings is 1. The van der Waals surface area contributed by atoms with Crippen molar-refractivity contribution in [3.05, 3.63) is 58.3 Å². The molecule has 0 atom stereocenters. The van der Waals surface area contributed by atoms with Crippen LogP contribution in [0.1, 0.15) is 29.8 Å². The Morgan fingerprint density at radius 2 is 1.79 bits per heavy atom. The van der Waals surface area contributed by atoms with Crippen molar-refractivity contribution in [3.63, 3.8) is 0 Å². The number of hydrogen-bond donors (Lipinski definition) is 1. The highest BCUT2D eigenvalue weighted by atomic mass is 16.6. The van der Waals surface area contributed by atoms with E-state index < -0.39 is 16.7 Å². The highest BCUT2D eigenvalue weighted by molar-refractivity contribution is 6.02. The number of nitrogens with zero attached hydrogens (tertiary/aromatic N) is 2. The quantitative estimate of drug-likeness (QED) is 0.686. The standard InChI is InChI=1S/C11H8N2O4.C6H13N/c14-11(12-8-4-2-1-3-5-8)9-6-7-10(17-9)13(15)16;1-7-5-3-2-4-6-7/h1-7H,(H,12,14);2-6H2,1H3. The molecule has 0 spiro atoms. The van der Waals surface area contributed by atoms with Gasteiger partial charge in [-0.25, -0.2) is 0 Å². The molecule has 0 aliphatic carbocycles. The molecule has 7 nitrogen and oxygen atoms in total. The van der Waals surface area contributed by atoms with E-state index in [1.54, 1.807) is 24.3 Å². The Balaban J connectivity index is 0.000000249. The fraction of sp³-hybridized carbons (Fsp3) is 0.353. The first-order valence-corrected chi connectivity index (χ1v) is 7.85. The first kappa shape index (κ1) is 17.7. The van der Waals surface area contributed by atoms with Crippen LogP contribution >= 0.6 is 0 Å². The molecule has 0 unspecified atom stereocenters.